The maximum absolute atomic E-state index is 12.6. The molecule has 0 radical (unpaired) electrons. The molecule has 0 aliphatic carbocycles. The molecule has 0 aliphatic heterocycles. The van der Waals surface area contributed by atoms with Gasteiger partial charge in [0.2, 0.25) is 0 Å². The van der Waals surface area contributed by atoms with Crippen LogP contribution in [0.4, 0.5) is 13.2 Å². The molecule has 0 fully saturated rings. The number of hydrogen-bond donors (Lipinski definition) is 1. The van der Waals surface area contributed by atoms with E-state index in [2.05, 4.69) is 4.74 Å². The standard InChI is InChI=1S/C17H18F3NO2.ClH/c1-2-12-4-3-5-13(10-12)14-6-7-15(22-9-8-21)16(11-14)23-17(18,19)20;/h3-7,10-11H,2,8-9,21H2,1H3;1H. The summed E-state index contributed by atoms with van der Waals surface area (Å²) in [5.41, 5.74) is 7.87. The van der Waals surface area contributed by atoms with Crippen molar-refractivity contribution in [2.75, 3.05) is 13.2 Å². The zero-order chi connectivity index (χ0) is 16.9. The number of ether oxygens (including phenoxy) is 2. The minimum atomic E-state index is -4.79. The van der Waals surface area contributed by atoms with Gasteiger partial charge in [-0.1, -0.05) is 37.3 Å². The molecule has 0 aliphatic rings. The Morgan fingerprint density at radius 3 is 2.33 bits per heavy atom. The van der Waals surface area contributed by atoms with E-state index in [-0.39, 0.29) is 37.1 Å². The minimum absolute atomic E-state index is 0. The van der Waals surface area contributed by atoms with Crippen LogP contribution in [0.15, 0.2) is 42.5 Å². The molecule has 2 aromatic carbocycles. The number of rotatable bonds is 6. The molecule has 0 heterocycles. The van der Waals surface area contributed by atoms with Gasteiger partial charge in [0, 0.05) is 6.54 Å². The maximum Gasteiger partial charge on any atom is 0.573 e. The fourth-order valence-electron chi connectivity index (χ4n) is 2.15. The molecule has 2 aromatic rings. The predicted molar refractivity (Wildman–Crippen MR) is 89.7 cm³/mol. The van der Waals surface area contributed by atoms with Gasteiger partial charge in [-0.15, -0.1) is 25.6 Å². The van der Waals surface area contributed by atoms with Gasteiger partial charge in [-0.2, -0.15) is 0 Å². The minimum Gasteiger partial charge on any atom is -0.488 e. The summed E-state index contributed by atoms with van der Waals surface area (Å²) in [4.78, 5) is 0. The highest BCUT2D eigenvalue weighted by Crippen LogP contribution is 2.36. The van der Waals surface area contributed by atoms with E-state index in [0.717, 1.165) is 17.5 Å². The molecule has 24 heavy (non-hydrogen) atoms. The number of hydrogen-bond acceptors (Lipinski definition) is 3. The molecule has 0 aromatic heterocycles. The second-order valence-electron chi connectivity index (χ2n) is 4.90. The van der Waals surface area contributed by atoms with Crippen LogP contribution < -0.4 is 15.2 Å². The van der Waals surface area contributed by atoms with Gasteiger partial charge in [-0.25, -0.2) is 0 Å². The third-order valence-electron chi connectivity index (χ3n) is 3.21. The molecule has 3 nitrogen and oxygen atoms in total. The van der Waals surface area contributed by atoms with E-state index in [1.807, 2.05) is 31.2 Å². The molecule has 2 rings (SSSR count). The first-order valence-corrected chi connectivity index (χ1v) is 7.25. The smallest absolute Gasteiger partial charge is 0.488 e. The van der Waals surface area contributed by atoms with E-state index in [9.17, 15) is 13.2 Å². The first-order chi connectivity index (χ1) is 10.9. The van der Waals surface area contributed by atoms with Crippen molar-refractivity contribution in [1.82, 2.24) is 0 Å². The molecule has 132 valence electrons. The van der Waals surface area contributed by atoms with Gasteiger partial charge in [-0.3, -0.25) is 0 Å². The van der Waals surface area contributed by atoms with Crippen molar-refractivity contribution in [3.05, 3.63) is 48.0 Å². The van der Waals surface area contributed by atoms with Crippen LogP contribution in [-0.4, -0.2) is 19.5 Å². The highest BCUT2D eigenvalue weighted by molar-refractivity contribution is 5.85. The van der Waals surface area contributed by atoms with Crippen molar-refractivity contribution in [1.29, 1.82) is 0 Å². The summed E-state index contributed by atoms with van der Waals surface area (Å²) in [7, 11) is 0. The van der Waals surface area contributed by atoms with Crippen LogP contribution in [0.25, 0.3) is 11.1 Å². The number of aryl methyl sites for hydroxylation is 1. The number of nitrogens with two attached hydrogens (primary N) is 1. The van der Waals surface area contributed by atoms with Crippen molar-refractivity contribution in [3.8, 4) is 22.6 Å². The van der Waals surface area contributed by atoms with Crippen LogP contribution in [0.5, 0.6) is 11.5 Å². The third-order valence-corrected chi connectivity index (χ3v) is 3.21. The van der Waals surface area contributed by atoms with Crippen LogP contribution in [0.1, 0.15) is 12.5 Å². The van der Waals surface area contributed by atoms with Crippen LogP contribution in [0, 0.1) is 0 Å². The second-order valence-corrected chi connectivity index (χ2v) is 4.90. The molecule has 0 unspecified atom stereocenters. The van der Waals surface area contributed by atoms with E-state index in [4.69, 9.17) is 10.5 Å². The first-order valence-electron chi connectivity index (χ1n) is 7.25. The fourth-order valence-corrected chi connectivity index (χ4v) is 2.15. The van der Waals surface area contributed by atoms with Crippen LogP contribution >= 0.6 is 12.4 Å². The molecular weight excluding hydrogens is 343 g/mol. The Hall–Kier alpha value is -1.92. The first kappa shape index (κ1) is 20.1. The Labute approximate surface area is 145 Å². The quantitative estimate of drug-likeness (QED) is 0.819. The molecule has 0 amide bonds. The molecule has 7 heteroatoms. The van der Waals surface area contributed by atoms with E-state index < -0.39 is 6.36 Å². The van der Waals surface area contributed by atoms with Crippen LogP contribution in [0.3, 0.4) is 0 Å². The van der Waals surface area contributed by atoms with E-state index >= 15 is 0 Å². The van der Waals surface area contributed by atoms with Gasteiger partial charge >= 0.3 is 6.36 Å². The summed E-state index contributed by atoms with van der Waals surface area (Å²) in [6.07, 6.45) is -3.94. The summed E-state index contributed by atoms with van der Waals surface area (Å²) >= 11 is 0. The zero-order valence-electron chi connectivity index (χ0n) is 13.1. The summed E-state index contributed by atoms with van der Waals surface area (Å²) < 4.78 is 47.1. The maximum atomic E-state index is 12.6. The SMILES string of the molecule is CCc1cccc(-c2ccc(OCCN)c(OC(F)(F)F)c2)c1.Cl. The lowest BCUT2D eigenvalue weighted by atomic mass is 10.0. The lowest BCUT2D eigenvalue weighted by Gasteiger charge is -2.15. The average molecular weight is 362 g/mol. The Kier molecular flexibility index (Phi) is 7.38. The Bertz CT molecular complexity index is 663. The van der Waals surface area contributed by atoms with Crippen molar-refractivity contribution < 1.29 is 22.6 Å². The molecule has 0 spiro atoms. The number of halogens is 4. The van der Waals surface area contributed by atoms with Crippen molar-refractivity contribution in [3.63, 3.8) is 0 Å². The van der Waals surface area contributed by atoms with Gasteiger partial charge in [0.15, 0.2) is 11.5 Å². The Balaban J connectivity index is 0.00000288. The van der Waals surface area contributed by atoms with Crippen molar-refractivity contribution in [2.45, 2.75) is 19.7 Å². The summed E-state index contributed by atoms with van der Waals surface area (Å²) in [6.45, 7) is 2.33. The largest absolute Gasteiger partial charge is 0.573 e. The van der Waals surface area contributed by atoms with Gasteiger partial charge in [0.05, 0.1) is 0 Å². The topological polar surface area (TPSA) is 44.5 Å². The van der Waals surface area contributed by atoms with Crippen molar-refractivity contribution >= 4 is 12.4 Å². The van der Waals surface area contributed by atoms with Crippen LogP contribution in [0.2, 0.25) is 0 Å². The number of benzene rings is 2. The molecule has 0 bridgehead atoms. The van der Waals surface area contributed by atoms with Crippen LogP contribution in [-0.2, 0) is 6.42 Å². The Morgan fingerprint density at radius 1 is 1.00 bits per heavy atom. The third kappa shape index (κ3) is 5.62. The molecule has 0 saturated heterocycles. The highest BCUT2D eigenvalue weighted by Gasteiger charge is 2.32. The van der Waals surface area contributed by atoms with Gasteiger partial charge in [0.1, 0.15) is 6.61 Å². The monoisotopic (exact) mass is 361 g/mol. The average Bonchev–Trinajstić information content (AvgIpc) is 2.52. The zero-order valence-corrected chi connectivity index (χ0v) is 13.9. The van der Waals surface area contributed by atoms with E-state index in [1.54, 1.807) is 6.07 Å². The molecule has 0 saturated carbocycles. The lowest BCUT2D eigenvalue weighted by Crippen LogP contribution is -2.18. The molecular formula is C17H19ClF3NO2. The summed E-state index contributed by atoms with van der Waals surface area (Å²) in [5, 5.41) is 0. The van der Waals surface area contributed by atoms with Gasteiger partial charge in [0.25, 0.3) is 0 Å². The van der Waals surface area contributed by atoms with E-state index in [0.29, 0.717) is 5.56 Å². The fraction of sp³-hybridized carbons (Fsp3) is 0.294. The van der Waals surface area contributed by atoms with Crippen molar-refractivity contribution in [2.24, 2.45) is 5.73 Å². The normalized spacial score (nSPS) is 10.9. The molecule has 0 atom stereocenters. The lowest BCUT2D eigenvalue weighted by molar-refractivity contribution is -0.275. The summed E-state index contributed by atoms with van der Waals surface area (Å²) in [6, 6.07) is 12.1. The highest BCUT2D eigenvalue weighted by atomic mass is 35.5. The van der Waals surface area contributed by atoms with Gasteiger partial charge in [-0.05, 0) is 35.2 Å². The Morgan fingerprint density at radius 2 is 1.71 bits per heavy atom. The van der Waals surface area contributed by atoms with Gasteiger partial charge < -0.3 is 15.2 Å². The number of alkyl halides is 3. The van der Waals surface area contributed by atoms with E-state index in [1.165, 1.54) is 12.1 Å². The summed E-state index contributed by atoms with van der Waals surface area (Å²) in [5.74, 6) is -0.353. The predicted octanol–water partition coefficient (Wildman–Crippen LogP) is 4.57. The second kappa shape index (κ2) is 8.80. The molecule has 2 N–H and O–H groups in total.